The molecule has 1 aliphatic rings. The third-order valence-corrected chi connectivity index (χ3v) is 4.94. The number of hydrogen-bond acceptors (Lipinski definition) is 2. The summed E-state index contributed by atoms with van der Waals surface area (Å²) in [5.74, 6) is 2.42. The molecule has 0 bridgehead atoms. The van der Waals surface area contributed by atoms with Gasteiger partial charge in [0, 0.05) is 29.0 Å². The summed E-state index contributed by atoms with van der Waals surface area (Å²) < 4.78 is 0. The van der Waals surface area contributed by atoms with E-state index in [9.17, 15) is 4.79 Å². The Morgan fingerprint density at radius 1 is 1.30 bits per heavy atom. The number of nitrogens with one attached hydrogen (secondary N) is 1. The molecule has 1 aromatic rings. The highest BCUT2D eigenvalue weighted by Gasteiger charge is 2.20. The Balaban J connectivity index is 1.58. The first-order chi connectivity index (χ1) is 9.75. The van der Waals surface area contributed by atoms with Crippen LogP contribution in [0.3, 0.4) is 0 Å². The summed E-state index contributed by atoms with van der Waals surface area (Å²) in [4.78, 5) is 11.9. The van der Waals surface area contributed by atoms with Crippen LogP contribution in [0.4, 0.5) is 0 Å². The molecule has 2 rings (SSSR count). The van der Waals surface area contributed by atoms with Crippen LogP contribution in [-0.4, -0.2) is 18.2 Å². The highest BCUT2D eigenvalue weighted by atomic mass is 35.5. The minimum atomic E-state index is 0.257. The fourth-order valence-corrected chi connectivity index (χ4v) is 3.59. The lowest BCUT2D eigenvalue weighted by atomic mass is 9.89. The van der Waals surface area contributed by atoms with Crippen molar-refractivity contribution < 1.29 is 4.79 Å². The Kier molecular flexibility index (Phi) is 6.74. The van der Waals surface area contributed by atoms with Gasteiger partial charge in [0.15, 0.2) is 0 Å². The van der Waals surface area contributed by atoms with Crippen molar-refractivity contribution in [1.29, 1.82) is 0 Å². The molecule has 110 valence electrons. The van der Waals surface area contributed by atoms with E-state index in [0.29, 0.717) is 0 Å². The van der Waals surface area contributed by atoms with Gasteiger partial charge in [-0.05, 0) is 30.5 Å². The van der Waals surface area contributed by atoms with Crippen molar-refractivity contribution in [1.82, 2.24) is 5.32 Å². The van der Waals surface area contributed by atoms with Crippen molar-refractivity contribution in [2.45, 2.75) is 37.9 Å². The predicted molar refractivity (Wildman–Crippen MR) is 87.2 cm³/mol. The first kappa shape index (κ1) is 15.7. The monoisotopic (exact) mass is 311 g/mol. The third kappa shape index (κ3) is 5.37. The van der Waals surface area contributed by atoms with Gasteiger partial charge >= 0.3 is 0 Å². The lowest BCUT2D eigenvalue weighted by molar-refractivity contribution is -0.125. The molecule has 1 aromatic carbocycles. The minimum Gasteiger partial charge on any atom is -0.355 e. The van der Waals surface area contributed by atoms with Gasteiger partial charge in [-0.2, -0.15) is 11.8 Å². The summed E-state index contributed by atoms with van der Waals surface area (Å²) in [7, 11) is 0. The molecular formula is C16H22ClNOS. The maximum atomic E-state index is 11.9. The standard InChI is InChI=1S/C16H22ClNOS/c17-15-8-4-5-13(11-15)12-20-10-9-18-16(19)14-6-2-1-3-7-14/h4-5,8,11,14H,1-3,6-7,9-10,12H2,(H,18,19). The second-order valence-electron chi connectivity index (χ2n) is 5.31. The molecule has 4 heteroatoms. The van der Waals surface area contributed by atoms with Crippen LogP contribution in [0, 0.1) is 5.92 Å². The highest BCUT2D eigenvalue weighted by Crippen LogP contribution is 2.23. The number of rotatable bonds is 6. The number of hydrogen-bond donors (Lipinski definition) is 1. The van der Waals surface area contributed by atoms with Crippen LogP contribution in [-0.2, 0) is 10.5 Å². The van der Waals surface area contributed by atoms with Crippen molar-refractivity contribution in [3.8, 4) is 0 Å². The number of benzene rings is 1. The molecule has 0 atom stereocenters. The third-order valence-electron chi connectivity index (χ3n) is 3.68. The topological polar surface area (TPSA) is 29.1 Å². The van der Waals surface area contributed by atoms with E-state index in [4.69, 9.17) is 11.6 Å². The second-order valence-corrected chi connectivity index (χ2v) is 6.85. The Morgan fingerprint density at radius 2 is 2.10 bits per heavy atom. The first-order valence-corrected chi connectivity index (χ1v) is 8.89. The van der Waals surface area contributed by atoms with Crippen LogP contribution in [0.15, 0.2) is 24.3 Å². The van der Waals surface area contributed by atoms with Crippen LogP contribution in [0.5, 0.6) is 0 Å². The number of carbonyl (C=O) groups excluding carboxylic acids is 1. The van der Waals surface area contributed by atoms with Gasteiger partial charge in [0.1, 0.15) is 0 Å². The summed E-state index contributed by atoms with van der Waals surface area (Å²) in [6.07, 6.45) is 5.85. The van der Waals surface area contributed by atoms with E-state index < -0.39 is 0 Å². The maximum Gasteiger partial charge on any atom is 0.223 e. The molecule has 0 unspecified atom stereocenters. The normalized spacial score (nSPS) is 16.1. The van der Waals surface area contributed by atoms with Gasteiger partial charge < -0.3 is 5.32 Å². The van der Waals surface area contributed by atoms with Crippen LogP contribution >= 0.6 is 23.4 Å². The van der Waals surface area contributed by atoms with Crippen molar-refractivity contribution >= 4 is 29.3 Å². The van der Waals surface area contributed by atoms with Gasteiger partial charge in [-0.3, -0.25) is 4.79 Å². The quantitative estimate of drug-likeness (QED) is 0.795. The second kappa shape index (κ2) is 8.58. The number of thioether (sulfide) groups is 1. The molecule has 1 saturated carbocycles. The molecular weight excluding hydrogens is 290 g/mol. The van der Waals surface area contributed by atoms with E-state index in [-0.39, 0.29) is 11.8 Å². The molecule has 1 amide bonds. The van der Waals surface area contributed by atoms with E-state index in [0.717, 1.165) is 35.9 Å². The summed E-state index contributed by atoms with van der Waals surface area (Å²) in [5.41, 5.74) is 1.24. The van der Waals surface area contributed by atoms with E-state index in [1.807, 2.05) is 30.0 Å². The van der Waals surface area contributed by atoms with Gasteiger partial charge in [0.2, 0.25) is 5.91 Å². The average Bonchev–Trinajstić information content (AvgIpc) is 2.48. The molecule has 0 aromatic heterocycles. The number of carbonyl (C=O) groups is 1. The largest absolute Gasteiger partial charge is 0.355 e. The summed E-state index contributed by atoms with van der Waals surface area (Å²) in [5, 5.41) is 3.85. The molecule has 1 fully saturated rings. The van der Waals surface area contributed by atoms with Gasteiger partial charge in [-0.1, -0.05) is 43.0 Å². The molecule has 0 spiro atoms. The number of halogens is 1. The molecule has 0 heterocycles. The summed E-state index contributed by atoms with van der Waals surface area (Å²) in [6, 6.07) is 7.94. The van der Waals surface area contributed by atoms with Gasteiger partial charge in [0.05, 0.1) is 0 Å². The minimum absolute atomic E-state index is 0.257. The zero-order valence-electron chi connectivity index (χ0n) is 11.7. The maximum absolute atomic E-state index is 11.9. The Hall–Kier alpha value is -0.670. The highest BCUT2D eigenvalue weighted by molar-refractivity contribution is 7.98. The fraction of sp³-hybridized carbons (Fsp3) is 0.562. The van der Waals surface area contributed by atoms with Crippen molar-refractivity contribution in [2.75, 3.05) is 12.3 Å². The molecule has 1 N–H and O–H groups in total. The predicted octanol–water partition coefficient (Wildman–Crippen LogP) is 4.27. The molecule has 0 saturated heterocycles. The Morgan fingerprint density at radius 3 is 2.85 bits per heavy atom. The van der Waals surface area contributed by atoms with E-state index >= 15 is 0 Å². The van der Waals surface area contributed by atoms with E-state index in [1.165, 1.54) is 24.8 Å². The van der Waals surface area contributed by atoms with Gasteiger partial charge in [-0.15, -0.1) is 0 Å². The molecule has 0 radical (unpaired) electrons. The summed E-state index contributed by atoms with van der Waals surface area (Å²) in [6.45, 7) is 0.764. The lowest BCUT2D eigenvalue weighted by Crippen LogP contribution is -2.33. The first-order valence-electron chi connectivity index (χ1n) is 7.35. The smallest absolute Gasteiger partial charge is 0.223 e. The zero-order valence-corrected chi connectivity index (χ0v) is 13.3. The van der Waals surface area contributed by atoms with Crippen LogP contribution < -0.4 is 5.32 Å². The van der Waals surface area contributed by atoms with Crippen molar-refractivity contribution in [3.05, 3.63) is 34.9 Å². The Labute approximate surface area is 130 Å². The molecule has 20 heavy (non-hydrogen) atoms. The fourth-order valence-electron chi connectivity index (χ4n) is 2.57. The van der Waals surface area contributed by atoms with Crippen molar-refractivity contribution in [3.63, 3.8) is 0 Å². The van der Waals surface area contributed by atoms with Gasteiger partial charge in [-0.25, -0.2) is 0 Å². The van der Waals surface area contributed by atoms with Crippen LogP contribution in [0.25, 0.3) is 0 Å². The average molecular weight is 312 g/mol. The molecule has 0 aliphatic heterocycles. The van der Waals surface area contributed by atoms with E-state index in [2.05, 4.69) is 11.4 Å². The SMILES string of the molecule is O=C(NCCSCc1cccc(Cl)c1)C1CCCCC1. The van der Waals surface area contributed by atoms with Gasteiger partial charge in [0.25, 0.3) is 0 Å². The Bertz CT molecular complexity index is 432. The van der Waals surface area contributed by atoms with Crippen molar-refractivity contribution in [2.24, 2.45) is 5.92 Å². The summed E-state index contributed by atoms with van der Waals surface area (Å²) >= 11 is 7.78. The number of amides is 1. The van der Waals surface area contributed by atoms with Crippen LogP contribution in [0.1, 0.15) is 37.7 Å². The van der Waals surface area contributed by atoms with Crippen LogP contribution in [0.2, 0.25) is 5.02 Å². The molecule has 2 nitrogen and oxygen atoms in total. The molecule has 1 aliphatic carbocycles. The zero-order chi connectivity index (χ0) is 14.2. The van der Waals surface area contributed by atoms with E-state index in [1.54, 1.807) is 0 Å². The lowest BCUT2D eigenvalue weighted by Gasteiger charge is -2.20.